The van der Waals surface area contributed by atoms with Gasteiger partial charge < -0.3 is 20.7 Å². The maximum absolute atomic E-state index is 14.7. The maximum atomic E-state index is 14.7. The van der Waals surface area contributed by atoms with Crippen LogP contribution in [0.5, 0.6) is 5.75 Å². The van der Waals surface area contributed by atoms with Crippen LogP contribution in [-0.2, 0) is 0 Å². The Morgan fingerprint density at radius 1 is 1.11 bits per heavy atom. The third-order valence-corrected chi connectivity index (χ3v) is 6.76. The highest BCUT2D eigenvalue weighted by molar-refractivity contribution is 6.36. The number of carbonyl (C=O) groups is 1. The number of aromatic nitrogens is 1. The summed E-state index contributed by atoms with van der Waals surface area (Å²) in [6.45, 7) is 6.59. The van der Waals surface area contributed by atoms with Crippen molar-refractivity contribution in [1.29, 1.82) is 0 Å². The van der Waals surface area contributed by atoms with E-state index in [2.05, 4.69) is 10.3 Å². The first-order valence-corrected chi connectivity index (χ1v) is 12.2. The monoisotopic (exact) mass is 534 g/mol. The molecule has 1 aromatic heterocycles. The lowest BCUT2D eigenvalue weighted by Crippen LogP contribution is -2.55. The first-order valence-electron chi connectivity index (χ1n) is 11.5. The van der Waals surface area contributed by atoms with Crippen LogP contribution in [0, 0.1) is 11.6 Å². The Morgan fingerprint density at radius 2 is 1.78 bits per heavy atom. The SMILES string of the molecule is CC(Oc1cc(-c2ccc(F)c(C(=O)N3C[C@@H](C)N[C@@H](C)C3)c2)cnc1N)c1c(Cl)ccc(F)c1Cl. The summed E-state index contributed by atoms with van der Waals surface area (Å²) in [5.41, 5.74) is 7.38. The fraction of sp³-hybridized carbons (Fsp3) is 0.308. The zero-order valence-corrected chi connectivity index (χ0v) is 21.5. The van der Waals surface area contributed by atoms with E-state index in [1.165, 1.54) is 30.5 Å². The van der Waals surface area contributed by atoms with E-state index in [0.29, 0.717) is 24.2 Å². The van der Waals surface area contributed by atoms with Gasteiger partial charge in [-0.2, -0.15) is 0 Å². The Kier molecular flexibility index (Phi) is 7.68. The summed E-state index contributed by atoms with van der Waals surface area (Å²) in [7, 11) is 0. The molecule has 3 N–H and O–H groups in total. The van der Waals surface area contributed by atoms with Crippen molar-refractivity contribution < 1.29 is 18.3 Å². The second kappa shape index (κ2) is 10.6. The van der Waals surface area contributed by atoms with Gasteiger partial charge in [0.15, 0.2) is 11.6 Å². The van der Waals surface area contributed by atoms with Crippen LogP contribution >= 0.6 is 23.2 Å². The number of pyridine rings is 1. The fourth-order valence-corrected chi connectivity index (χ4v) is 5.08. The van der Waals surface area contributed by atoms with Gasteiger partial charge in [0.05, 0.1) is 10.6 Å². The normalized spacial score (nSPS) is 18.7. The molecule has 4 rings (SSSR count). The van der Waals surface area contributed by atoms with Gasteiger partial charge in [-0.3, -0.25) is 4.79 Å². The van der Waals surface area contributed by atoms with Gasteiger partial charge in [-0.25, -0.2) is 13.8 Å². The van der Waals surface area contributed by atoms with E-state index in [9.17, 15) is 13.6 Å². The van der Waals surface area contributed by atoms with Gasteiger partial charge in [0.25, 0.3) is 5.91 Å². The summed E-state index contributed by atoms with van der Waals surface area (Å²) in [5, 5.41) is 3.46. The molecule has 10 heteroatoms. The molecule has 0 aliphatic carbocycles. The Labute approximate surface area is 218 Å². The van der Waals surface area contributed by atoms with Gasteiger partial charge in [0, 0.05) is 47.5 Å². The molecule has 36 heavy (non-hydrogen) atoms. The van der Waals surface area contributed by atoms with Gasteiger partial charge in [-0.15, -0.1) is 0 Å². The predicted molar refractivity (Wildman–Crippen MR) is 137 cm³/mol. The molecule has 1 amide bonds. The molecule has 0 radical (unpaired) electrons. The molecule has 0 spiro atoms. The number of rotatable bonds is 5. The molecule has 1 fully saturated rings. The largest absolute Gasteiger partial charge is 0.482 e. The molecule has 2 aromatic carbocycles. The molecule has 1 unspecified atom stereocenters. The lowest BCUT2D eigenvalue weighted by molar-refractivity contribution is 0.0669. The zero-order chi connectivity index (χ0) is 26.1. The molecular weight excluding hydrogens is 509 g/mol. The highest BCUT2D eigenvalue weighted by atomic mass is 35.5. The molecule has 3 atom stereocenters. The van der Waals surface area contributed by atoms with Crippen LogP contribution in [0.25, 0.3) is 11.1 Å². The molecule has 190 valence electrons. The lowest BCUT2D eigenvalue weighted by atomic mass is 10.0. The third kappa shape index (κ3) is 5.40. The molecule has 2 heterocycles. The van der Waals surface area contributed by atoms with Gasteiger partial charge in [0.1, 0.15) is 17.7 Å². The van der Waals surface area contributed by atoms with Gasteiger partial charge in [-0.05, 0) is 56.7 Å². The van der Waals surface area contributed by atoms with E-state index in [0.717, 1.165) is 0 Å². The summed E-state index contributed by atoms with van der Waals surface area (Å²) in [6.07, 6.45) is 0.757. The number of nitrogens with two attached hydrogens (primary N) is 1. The Bertz CT molecular complexity index is 1300. The number of carbonyl (C=O) groups excluding carboxylic acids is 1. The summed E-state index contributed by atoms with van der Waals surface area (Å²) < 4.78 is 34.7. The number of nitrogens with zero attached hydrogens (tertiary/aromatic N) is 2. The second-order valence-corrected chi connectivity index (χ2v) is 9.78. The second-order valence-electron chi connectivity index (χ2n) is 9.00. The number of piperazine rings is 1. The first kappa shape index (κ1) is 26.1. The number of benzene rings is 2. The molecule has 1 aliphatic heterocycles. The summed E-state index contributed by atoms with van der Waals surface area (Å²) in [6, 6.07) is 8.70. The van der Waals surface area contributed by atoms with E-state index in [1.54, 1.807) is 24.0 Å². The van der Waals surface area contributed by atoms with Crippen molar-refractivity contribution in [2.75, 3.05) is 18.8 Å². The zero-order valence-electron chi connectivity index (χ0n) is 20.0. The van der Waals surface area contributed by atoms with Gasteiger partial charge >= 0.3 is 0 Å². The van der Waals surface area contributed by atoms with Crippen LogP contribution < -0.4 is 15.8 Å². The highest BCUT2D eigenvalue weighted by Crippen LogP contribution is 2.37. The minimum absolute atomic E-state index is 0.0280. The van der Waals surface area contributed by atoms with Crippen LogP contribution in [0.2, 0.25) is 10.0 Å². The van der Waals surface area contributed by atoms with Crippen molar-refractivity contribution >= 4 is 34.9 Å². The Morgan fingerprint density at radius 3 is 2.47 bits per heavy atom. The fourth-order valence-electron chi connectivity index (χ4n) is 4.40. The summed E-state index contributed by atoms with van der Waals surface area (Å²) in [4.78, 5) is 19.0. The van der Waals surface area contributed by atoms with Crippen molar-refractivity contribution in [2.24, 2.45) is 0 Å². The smallest absolute Gasteiger partial charge is 0.256 e. The predicted octanol–water partition coefficient (Wildman–Crippen LogP) is 5.88. The standard InChI is InChI=1S/C26H26Cl2F2N4O2/c1-13-11-34(12-14(2)33-13)26(35)18-8-16(4-6-20(18)29)17-9-22(25(31)32-10-17)36-15(3)23-19(27)5-7-21(30)24(23)28/h4-10,13-15,33H,11-12H2,1-3H3,(H2,31,32)/t13-,14+,15?. The van der Waals surface area contributed by atoms with Crippen molar-refractivity contribution in [2.45, 2.75) is 39.0 Å². The van der Waals surface area contributed by atoms with Crippen molar-refractivity contribution in [3.05, 3.63) is 75.4 Å². The topological polar surface area (TPSA) is 80.5 Å². The van der Waals surface area contributed by atoms with Crippen LogP contribution in [0.1, 0.15) is 42.8 Å². The molecule has 1 saturated heterocycles. The number of hydrogen-bond donors (Lipinski definition) is 2. The number of ether oxygens (including phenoxy) is 1. The third-order valence-electron chi connectivity index (χ3n) is 6.05. The number of anilines is 1. The van der Waals surface area contributed by atoms with Crippen LogP contribution in [0.3, 0.4) is 0 Å². The van der Waals surface area contributed by atoms with E-state index in [1.807, 2.05) is 13.8 Å². The molecule has 6 nitrogen and oxygen atoms in total. The number of amides is 1. The molecule has 0 bridgehead atoms. The molecule has 3 aromatic rings. The maximum Gasteiger partial charge on any atom is 0.256 e. The number of nitrogen functional groups attached to an aromatic ring is 1. The number of hydrogen-bond acceptors (Lipinski definition) is 5. The van der Waals surface area contributed by atoms with E-state index in [-0.39, 0.29) is 50.7 Å². The van der Waals surface area contributed by atoms with E-state index >= 15 is 0 Å². The van der Waals surface area contributed by atoms with Crippen LogP contribution in [-0.4, -0.2) is 41.0 Å². The molecule has 1 aliphatic rings. The molecular formula is C26H26Cl2F2N4O2. The number of nitrogens with one attached hydrogen (secondary N) is 1. The first-order chi connectivity index (χ1) is 17.0. The van der Waals surface area contributed by atoms with Crippen LogP contribution in [0.15, 0.2) is 42.6 Å². The van der Waals surface area contributed by atoms with Gasteiger partial charge in [-0.1, -0.05) is 29.3 Å². The summed E-state index contributed by atoms with van der Waals surface area (Å²) >= 11 is 12.3. The van der Waals surface area contributed by atoms with Crippen molar-refractivity contribution in [3.8, 4) is 16.9 Å². The van der Waals surface area contributed by atoms with Gasteiger partial charge in [0.2, 0.25) is 0 Å². The minimum Gasteiger partial charge on any atom is -0.482 e. The molecule has 0 saturated carbocycles. The quantitative estimate of drug-likeness (QED) is 0.399. The van der Waals surface area contributed by atoms with E-state index < -0.39 is 17.7 Å². The Balaban J connectivity index is 1.63. The lowest BCUT2D eigenvalue weighted by Gasteiger charge is -2.36. The van der Waals surface area contributed by atoms with Crippen molar-refractivity contribution in [1.82, 2.24) is 15.2 Å². The average molecular weight is 535 g/mol. The van der Waals surface area contributed by atoms with E-state index in [4.69, 9.17) is 33.7 Å². The van der Waals surface area contributed by atoms with Crippen molar-refractivity contribution in [3.63, 3.8) is 0 Å². The Hall–Kier alpha value is -2.94. The average Bonchev–Trinajstić information content (AvgIpc) is 2.82. The van der Waals surface area contributed by atoms with Crippen LogP contribution in [0.4, 0.5) is 14.6 Å². The number of halogens is 4. The highest BCUT2D eigenvalue weighted by Gasteiger charge is 2.27. The minimum atomic E-state index is -0.748. The summed E-state index contributed by atoms with van der Waals surface area (Å²) in [5.74, 6) is -1.30.